The molecule has 0 aliphatic rings. The molecule has 5 aromatic rings. The number of nitrogens with zero attached hydrogens (tertiary/aromatic N) is 4. The molecule has 5 rings (SSSR count). The third kappa shape index (κ3) is 5.39. The van der Waals surface area contributed by atoms with Crippen LogP contribution in [0.1, 0.15) is 66.3 Å². The molecule has 0 aliphatic carbocycles. The fourth-order valence-corrected chi connectivity index (χ4v) is 5.49. The molecule has 2 aromatic heterocycles. The first-order valence-electron chi connectivity index (χ1n) is 14.4. The molecule has 8 nitrogen and oxygen atoms in total. The smallest absolute Gasteiger partial charge is 0.280 e. The zero-order valence-electron chi connectivity index (χ0n) is 24.9. The number of aromatic nitrogens is 4. The Morgan fingerprint density at radius 1 is 0.909 bits per heavy atom. The number of aromatic hydroxyl groups is 1. The summed E-state index contributed by atoms with van der Waals surface area (Å²) in [4.78, 5) is 30.8. The lowest BCUT2D eigenvalue weighted by Crippen LogP contribution is -2.23. The van der Waals surface area contributed by atoms with Gasteiger partial charge in [0.05, 0.1) is 16.8 Å². The number of benzene rings is 3. The van der Waals surface area contributed by atoms with Gasteiger partial charge in [-0.3, -0.25) is 18.8 Å². The summed E-state index contributed by atoms with van der Waals surface area (Å²) in [6.45, 7) is 7.86. The Labute approximate surface area is 253 Å². The molecule has 0 saturated carbocycles. The van der Waals surface area contributed by atoms with Crippen molar-refractivity contribution in [3.63, 3.8) is 0 Å². The van der Waals surface area contributed by atoms with Crippen LogP contribution < -0.4 is 11.3 Å². The lowest BCUT2D eigenvalue weighted by Gasteiger charge is -2.22. The second kappa shape index (κ2) is 12.2. The molecule has 0 spiro atoms. The van der Waals surface area contributed by atoms with E-state index in [1.807, 2.05) is 45.9 Å². The minimum absolute atomic E-state index is 0.0304. The van der Waals surface area contributed by atoms with Gasteiger partial charge < -0.3 is 10.8 Å². The van der Waals surface area contributed by atoms with Crippen LogP contribution in [0.15, 0.2) is 71.7 Å². The first-order valence-corrected chi connectivity index (χ1v) is 14.4. The summed E-state index contributed by atoms with van der Waals surface area (Å²) >= 11 is 0. The minimum Gasteiger partial charge on any atom is -0.494 e. The van der Waals surface area contributed by atoms with E-state index < -0.39 is 35.4 Å². The van der Waals surface area contributed by atoms with Gasteiger partial charge in [0.1, 0.15) is 17.3 Å². The lowest BCUT2D eigenvalue weighted by molar-refractivity contribution is 0.0999. The van der Waals surface area contributed by atoms with Crippen LogP contribution in [0.2, 0.25) is 0 Å². The summed E-state index contributed by atoms with van der Waals surface area (Å²) in [6, 6.07) is 15.6. The topological polar surface area (TPSA) is 116 Å². The first kappa shape index (κ1) is 30.3. The summed E-state index contributed by atoms with van der Waals surface area (Å²) in [7, 11) is 0. The first-order chi connectivity index (χ1) is 21.1. The summed E-state index contributed by atoms with van der Waals surface area (Å²) in [5.74, 6) is -2.84. The second-order valence-electron chi connectivity index (χ2n) is 10.8. The Morgan fingerprint density at radius 2 is 1.59 bits per heavy atom. The average Bonchev–Trinajstić information content (AvgIpc) is 3.50. The van der Waals surface area contributed by atoms with Gasteiger partial charge in [0.2, 0.25) is 11.8 Å². The molecule has 2 heterocycles. The largest absolute Gasteiger partial charge is 0.494 e. The highest BCUT2D eigenvalue weighted by Gasteiger charge is 2.27. The van der Waals surface area contributed by atoms with Gasteiger partial charge in [-0.05, 0) is 61.6 Å². The van der Waals surface area contributed by atoms with Crippen LogP contribution in [0.25, 0.3) is 28.3 Å². The highest BCUT2D eigenvalue weighted by atomic mass is 19.1. The maximum atomic E-state index is 15.5. The standard InChI is InChI=1S/C34H33F2N5O3/c1-5-20-10-9-11-21(6-2)30(20)41-32(28-16-17-40(39-28)19(3)4)38-33(43)25(34(41)44)18-24-27(36)15-14-23(29(24)31(37)42)22-12-7-8-13-26(22)35/h7-17,19,44H,5-6,18H2,1-4H3,(H2,37,42). The van der Waals surface area contributed by atoms with Crippen molar-refractivity contribution in [3.8, 4) is 34.2 Å². The number of amides is 1. The molecule has 0 unspecified atom stereocenters. The normalized spacial score (nSPS) is 11.3. The van der Waals surface area contributed by atoms with E-state index in [0.29, 0.717) is 24.2 Å². The Kier molecular flexibility index (Phi) is 8.44. The molecule has 226 valence electrons. The van der Waals surface area contributed by atoms with E-state index in [-0.39, 0.29) is 39.7 Å². The van der Waals surface area contributed by atoms with Gasteiger partial charge in [0, 0.05) is 29.8 Å². The van der Waals surface area contributed by atoms with E-state index in [0.717, 1.165) is 17.2 Å². The number of para-hydroxylation sites is 1. The van der Waals surface area contributed by atoms with Crippen molar-refractivity contribution in [2.24, 2.45) is 5.73 Å². The van der Waals surface area contributed by atoms with Gasteiger partial charge in [0.25, 0.3) is 5.56 Å². The number of hydrogen-bond acceptors (Lipinski definition) is 5. The van der Waals surface area contributed by atoms with E-state index in [1.54, 1.807) is 23.0 Å². The van der Waals surface area contributed by atoms with Crippen molar-refractivity contribution < 1.29 is 18.7 Å². The van der Waals surface area contributed by atoms with Crippen LogP contribution in [0.5, 0.6) is 5.88 Å². The molecule has 44 heavy (non-hydrogen) atoms. The average molecular weight is 598 g/mol. The lowest BCUT2D eigenvalue weighted by atomic mass is 9.91. The Hall–Kier alpha value is -5.12. The third-order valence-electron chi connectivity index (χ3n) is 7.73. The molecule has 0 aliphatic heterocycles. The Morgan fingerprint density at radius 3 is 2.18 bits per heavy atom. The minimum atomic E-state index is -1.01. The van der Waals surface area contributed by atoms with Gasteiger partial charge in [0.15, 0.2) is 5.82 Å². The summed E-state index contributed by atoms with van der Waals surface area (Å²) < 4.78 is 33.5. The molecule has 3 aromatic carbocycles. The van der Waals surface area contributed by atoms with Crippen molar-refractivity contribution in [2.75, 3.05) is 0 Å². The van der Waals surface area contributed by atoms with E-state index >= 15 is 4.39 Å². The van der Waals surface area contributed by atoms with Gasteiger partial charge in [-0.15, -0.1) is 0 Å². The van der Waals surface area contributed by atoms with Crippen molar-refractivity contribution >= 4 is 5.91 Å². The molecule has 0 radical (unpaired) electrons. The molecular weight excluding hydrogens is 564 g/mol. The number of aryl methyl sites for hydroxylation is 2. The Bertz CT molecular complexity index is 1920. The summed E-state index contributed by atoms with van der Waals surface area (Å²) in [6.07, 6.45) is 2.45. The maximum absolute atomic E-state index is 15.5. The molecular formula is C34H33F2N5O3. The zero-order valence-corrected chi connectivity index (χ0v) is 24.9. The maximum Gasteiger partial charge on any atom is 0.280 e. The van der Waals surface area contributed by atoms with Gasteiger partial charge >= 0.3 is 0 Å². The van der Waals surface area contributed by atoms with Crippen LogP contribution in [-0.4, -0.2) is 30.3 Å². The number of rotatable bonds is 9. The second-order valence-corrected chi connectivity index (χ2v) is 10.8. The van der Waals surface area contributed by atoms with Crippen molar-refractivity contribution in [1.29, 1.82) is 0 Å². The van der Waals surface area contributed by atoms with Crippen molar-refractivity contribution in [3.05, 3.63) is 117 Å². The van der Waals surface area contributed by atoms with Crippen LogP contribution >= 0.6 is 0 Å². The number of primary amides is 1. The fourth-order valence-electron chi connectivity index (χ4n) is 5.49. The molecule has 0 saturated heterocycles. The number of carbonyl (C=O) groups excluding carboxylic acids is 1. The Balaban J connectivity index is 1.81. The number of nitrogens with two attached hydrogens (primary N) is 1. The predicted octanol–water partition coefficient (Wildman–Crippen LogP) is 6.14. The van der Waals surface area contributed by atoms with Crippen molar-refractivity contribution in [1.82, 2.24) is 19.3 Å². The molecule has 0 atom stereocenters. The SMILES string of the molecule is CCc1cccc(CC)c1-n1c(-c2ccn(C(C)C)n2)nc(=O)c(Cc2c(F)ccc(-c3ccccc3F)c2C(N)=O)c1O. The van der Waals surface area contributed by atoms with Crippen LogP contribution in [0.4, 0.5) is 8.78 Å². The molecule has 3 N–H and O–H groups in total. The van der Waals surface area contributed by atoms with Crippen LogP contribution in [-0.2, 0) is 19.3 Å². The van der Waals surface area contributed by atoms with E-state index in [1.165, 1.54) is 28.8 Å². The molecule has 1 amide bonds. The van der Waals surface area contributed by atoms with Gasteiger partial charge in [-0.25, -0.2) is 8.78 Å². The van der Waals surface area contributed by atoms with Gasteiger partial charge in [-0.2, -0.15) is 10.1 Å². The highest BCUT2D eigenvalue weighted by Crippen LogP contribution is 2.35. The van der Waals surface area contributed by atoms with E-state index in [2.05, 4.69) is 10.1 Å². The van der Waals surface area contributed by atoms with Crippen LogP contribution in [0, 0.1) is 11.6 Å². The highest BCUT2D eigenvalue weighted by molar-refractivity contribution is 6.01. The van der Waals surface area contributed by atoms with Crippen LogP contribution in [0.3, 0.4) is 0 Å². The van der Waals surface area contributed by atoms with E-state index in [4.69, 9.17) is 5.73 Å². The zero-order chi connectivity index (χ0) is 31.7. The molecule has 0 fully saturated rings. The number of hydrogen-bond donors (Lipinski definition) is 2. The predicted molar refractivity (Wildman–Crippen MR) is 165 cm³/mol. The summed E-state index contributed by atoms with van der Waals surface area (Å²) in [5.41, 5.74) is 6.97. The number of carbonyl (C=O) groups is 1. The number of halogens is 2. The van der Waals surface area contributed by atoms with Gasteiger partial charge in [-0.1, -0.05) is 56.3 Å². The summed E-state index contributed by atoms with van der Waals surface area (Å²) in [5, 5.41) is 16.5. The fraction of sp³-hybridized carbons (Fsp3) is 0.235. The monoisotopic (exact) mass is 597 g/mol. The van der Waals surface area contributed by atoms with E-state index in [9.17, 15) is 19.1 Å². The quantitative estimate of drug-likeness (QED) is 0.212. The van der Waals surface area contributed by atoms with Crippen molar-refractivity contribution in [2.45, 2.75) is 53.0 Å². The molecule has 10 heteroatoms. The molecule has 0 bridgehead atoms. The third-order valence-corrected chi connectivity index (χ3v) is 7.73.